The summed E-state index contributed by atoms with van der Waals surface area (Å²) in [6.07, 6.45) is 1.02. The molecule has 0 aliphatic rings. The van der Waals surface area contributed by atoms with Crippen molar-refractivity contribution in [2.45, 2.75) is 33.3 Å². The lowest BCUT2D eigenvalue weighted by Gasteiger charge is -2.13. The lowest BCUT2D eigenvalue weighted by atomic mass is 10.1. The van der Waals surface area contributed by atoms with E-state index in [1.807, 2.05) is 13.8 Å². The molecular weight excluding hydrogens is 308 g/mol. The van der Waals surface area contributed by atoms with E-state index in [0.29, 0.717) is 22.6 Å². The number of aryl methyl sites for hydroxylation is 1. The second kappa shape index (κ2) is 7.59. The van der Waals surface area contributed by atoms with Gasteiger partial charge in [-0.2, -0.15) is 0 Å². The van der Waals surface area contributed by atoms with E-state index in [0.717, 1.165) is 6.42 Å². The molecule has 0 saturated heterocycles. The van der Waals surface area contributed by atoms with Gasteiger partial charge in [-0.1, -0.05) is 6.92 Å². The number of nitrogens with one attached hydrogen (secondary N) is 1. The average molecular weight is 328 g/mol. The second-order valence-corrected chi connectivity index (χ2v) is 5.57. The molecule has 6 heteroatoms. The normalized spacial score (nSPS) is 11.6. The molecule has 24 heavy (non-hydrogen) atoms. The van der Waals surface area contributed by atoms with Crippen molar-refractivity contribution in [3.63, 3.8) is 0 Å². The molecule has 0 radical (unpaired) electrons. The van der Waals surface area contributed by atoms with Gasteiger partial charge in [-0.3, -0.25) is 14.9 Å². The molecule has 1 atom stereocenters. The fraction of sp³-hybridized carbons (Fsp3) is 0.278. The van der Waals surface area contributed by atoms with E-state index in [1.54, 1.807) is 31.2 Å². The van der Waals surface area contributed by atoms with Gasteiger partial charge in [-0.25, -0.2) is 0 Å². The highest BCUT2D eigenvalue weighted by molar-refractivity contribution is 6.04. The highest BCUT2D eigenvalue weighted by atomic mass is 16.6. The van der Waals surface area contributed by atoms with Gasteiger partial charge < -0.3 is 10.1 Å². The number of benzene rings is 2. The maximum atomic E-state index is 12.3. The standard InChI is InChI=1S/C18H20N2O4/c1-4-13(3)24-16-8-5-14(6-9-16)18(21)19-17-10-7-15(20(22)23)11-12(17)2/h5-11,13H,4H2,1-3H3,(H,19,21). The van der Waals surface area contributed by atoms with Gasteiger partial charge in [0.1, 0.15) is 5.75 Å². The number of carbonyl (C=O) groups is 1. The minimum Gasteiger partial charge on any atom is -0.491 e. The molecule has 0 aliphatic heterocycles. The van der Waals surface area contributed by atoms with Gasteiger partial charge in [0, 0.05) is 23.4 Å². The summed E-state index contributed by atoms with van der Waals surface area (Å²) >= 11 is 0. The summed E-state index contributed by atoms with van der Waals surface area (Å²) < 4.78 is 5.68. The molecule has 1 N–H and O–H groups in total. The predicted octanol–water partition coefficient (Wildman–Crippen LogP) is 4.33. The quantitative estimate of drug-likeness (QED) is 0.632. The van der Waals surface area contributed by atoms with Crippen molar-refractivity contribution in [1.29, 1.82) is 0 Å². The zero-order valence-corrected chi connectivity index (χ0v) is 13.9. The van der Waals surface area contributed by atoms with Crippen LogP contribution >= 0.6 is 0 Å². The number of rotatable bonds is 6. The topological polar surface area (TPSA) is 81.5 Å². The van der Waals surface area contributed by atoms with Crippen LogP contribution in [0, 0.1) is 17.0 Å². The molecule has 0 fully saturated rings. The molecule has 6 nitrogen and oxygen atoms in total. The highest BCUT2D eigenvalue weighted by Gasteiger charge is 2.12. The molecule has 2 aromatic rings. The van der Waals surface area contributed by atoms with Crippen LogP contribution in [0.2, 0.25) is 0 Å². The Balaban J connectivity index is 2.08. The summed E-state index contributed by atoms with van der Waals surface area (Å²) in [5.74, 6) is 0.439. The summed E-state index contributed by atoms with van der Waals surface area (Å²) in [6.45, 7) is 5.74. The third-order valence-electron chi connectivity index (χ3n) is 3.70. The van der Waals surface area contributed by atoms with E-state index in [2.05, 4.69) is 5.32 Å². The zero-order chi connectivity index (χ0) is 17.7. The second-order valence-electron chi connectivity index (χ2n) is 5.57. The van der Waals surface area contributed by atoms with Crippen molar-refractivity contribution < 1.29 is 14.5 Å². The molecule has 126 valence electrons. The summed E-state index contributed by atoms with van der Waals surface area (Å²) in [6, 6.07) is 11.2. The smallest absolute Gasteiger partial charge is 0.269 e. The van der Waals surface area contributed by atoms with Crippen LogP contribution in [0.5, 0.6) is 5.75 Å². The number of hydrogen-bond acceptors (Lipinski definition) is 4. The van der Waals surface area contributed by atoms with E-state index in [4.69, 9.17) is 4.74 Å². The minimum atomic E-state index is -0.464. The molecule has 2 aromatic carbocycles. The van der Waals surface area contributed by atoms with Gasteiger partial charge in [0.2, 0.25) is 0 Å². The zero-order valence-electron chi connectivity index (χ0n) is 13.9. The number of nitrogens with zero attached hydrogens (tertiary/aromatic N) is 1. The molecule has 1 unspecified atom stereocenters. The van der Waals surface area contributed by atoms with E-state index >= 15 is 0 Å². The van der Waals surface area contributed by atoms with Crippen LogP contribution < -0.4 is 10.1 Å². The summed E-state index contributed by atoms with van der Waals surface area (Å²) in [5, 5.41) is 13.5. The Morgan fingerprint density at radius 2 is 1.92 bits per heavy atom. The van der Waals surface area contributed by atoms with Gasteiger partial charge >= 0.3 is 0 Å². The molecular formula is C18H20N2O4. The maximum Gasteiger partial charge on any atom is 0.269 e. The number of non-ortho nitro benzene ring substituents is 1. The van der Waals surface area contributed by atoms with Gasteiger partial charge in [0.05, 0.1) is 11.0 Å². The highest BCUT2D eigenvalue weighted by Crippen LogP contribution is 2.22. The SMILES string of the molecule is CCC(C)Oc1ccc(C(=O)Nc2ccc([N+](=O)[O-])cc2C)cc1. The van der Waals surface area contributed by atoms with Crippen LogP contribution in [0.3, 0.4) is 0 Å². The van der Waals surface area contributed by atoms with Crippen molar-refractivity contribution in [3.8, 4) is 5.75 Å². The first-order chi connectivity index (χ1) is 11.4. The summed E-state index contributed by atoms with van der Waals surface area (Å²) in [5.41, 5.74) is 1.67. The van der Waals surface area contributed by atoms with Crippen LogP contribution in [0.1, 0.15) is 36.2 Å². The van der Waals surface area contributed by atoms with Crippen LogP contribution in [0.4, 0.5) is 11.4 Å². The van der Waals surface area contributed by atoms with Crippen molar-refractivity contribution in [1.82, 2.24) is 0 Å². The van der Waals surface area contributed by atoms with E-state index in [-0.39, 0.29) is 17.7 Å². The summed E-state index contributed by atoms with van der Waals surface area (Å²) in [7, 11) is 0. The van der Waals surface area contributed by atoms with E-state index in [1.165, 1.54) is 18.2 Å². The van der Waals surface area contributed by atoms with Crippen LogP contribution in [-0.4, -0.2) is 16.9 Å². The Kier molecular flexibility index (Phi) is 5.52. The first-order valence-corrected chi connectivity index (χ1v) is 7.73. The van der Waals surface area contributed by atoms with Crippen LogP contribution in [0.25, 0.3) is 0 Å². The molecule has 0 spiro atoms. The Morgan fingerprint density at radius 3 is 2.46 bits per heavy atom. The van der Waals surface area contributed by atoms with Crippen molar-refractivity contribution in [2.24, 2.45) is 0 Å². The van der Waals surface area contributed by atoms with Gasteiger partial charge in [-0.15, -0.1) is 0 Å². The largest absolute Gasteiger partial charge is 0.491 e. The lowest BCUT2D eigenvalue weighted by molar-refractivity contribution is -0.384. The Hall–Kier alpha value is -2.89. The summed E-state index contributed by atoms with van der Waals surface area (Å²) in [4.78, 5) is 22.6. The third kappa shape index (κ3) is 4.32. The molecule has 0 aromatic heterocycles. The molecule has 0 bridgehead atoms. The Bertz CT molecular complexity index is 741. The fourth-order valence-corrected chi connectivity index (χ4v) is 2.10. The minimum absolute atomic E-state index is 0.00274. The monoisotopic (exact) mass is 328 g/mol. The van der Waals surface area contributed by atoms with Crippen LogP contribution in [0.15, 0.2) is 42.5 Å². The molecule has 2 rings (SSSR count). The van der Waals surface area contributed by atoms with Crippen LogP contribution in [-0.2, 0) is 0 Å². The van der Waals surface area contributed by atoms with Crippen molar-refractivity contribution in [3.05, 3.63) is 63.7 Å². The van der Waals surface area contributed by atoms with E-state index < -0.39 is 4.92 Å². The number of amides is 1. The Labute approximate surface area is 140 Å². The number of hydrogen-bond donors (Lipinski definition) is 1. The predicted molar refractivity (Wildman–Crippen MR) is 92.6 cm³/mol. The number of carbonyl (C=O) groups excluding carboxylic acids is 1. The van der Waals surface area contributed by atoms with E-state index in [9.17, 15) is 14.9 Å². The Morgan fingerprint density at radius 1 is 1.25 bits per heavy atom. The lowest BCUT2D eigenvalue weighted by Crippen LogP contribution is -2.13. The first kappa shape index (κ1) is 17.5. The maximum absolute atomic E-state index is 12.3. The molecule has 0 aliphatic carbocycles. The number of nitro groups is 1. The first-order valence-electron chi connectivity index (χ1n) is 7.73. The van der Waals surface area contributed by atoms with Gasteiger partial charge in [0.25, 0.3) is 11.6 Å². The molecule has 0 heterocycles. The number of nitro benzene ring substituents is 1. The molecule has 1 amide bonds. The average Bonchev–Trinajstić information content (AvgIpc) is 2.56. The van der Waals surface area contributed by atoms with Crippen molar-refractivity contribution >= 4 is 17.3 Å². The molecule has 0 saturated carbocycles. The number of ether oxygens (including phenoxy) is 1. The van der Waals surface area contributed by atoms with Gasteiger partial charge in [0.15, 0.2) is 0 Å². The van der Waals surface area contributed by atoms with Gasteiger partial charge in [-0.05, 0) is 56.2 Å². The third-order valence-corrected chi connectivity index (χ3v) is 3.70. The number of anilines is 1. The fourth-order valence-electron chi connectivity index (χ4n) is 2.10. The van der Waals surface area contributed by atoms with Crippen molar-refractivity contribution in [2.75, 3.05) is 5.32 Å².